The van der Waals surface area contributed by atoms with Crippen molar-refractivity contribution in [2.45, 2.75) is 19.6 Å². The van der Waals surface area contributed by atoms with Gasteiger partial charge < -0.3 is 15.0 Å². The maximum Gasteiger partial charge on any atom is 0.258 e. The predicted molar refractivity (Wildman–Crippen MR) is 107 cm³/mol. The molecule has 0 radical (unpaired) electrons. The smallest absolute Gasteiger partial charge is 0.258 e. The molecule has 0 saturated carbocycles. The number of benzene rings is 3. The van der Waals surface area contributed by atoms with Crippen LogP contribution in [0.25, 0.3) is 0 Å². The van der Waals surface area contributed by atoms with E-state index in [0.717, 1.165) is 22.6 Å². The molecular formula is C23H22N2O2. The molecule has 136 valence electrons. The first-order valence-electron chi connectivity index (χ1n) is 9.02. The SMILES string of the molecule is COc1ccc(CN2C(=O)c3ccccc3N[C@H]2c2ccc(C)cc2)cc1. The highest BCUT2D eigenvalue weighted by Crippen LogP contribution is 2.34. The monoisotopic (exact) mass is 358 g/mol. The number of methoxy groups -OCH3 is 1. The van der Waals surface area contributed by atoms with Crippen LogP contribution in [0.1, 0.15) is 33.2 Å². The third-order valence-corrected chi connectivity index (χ3v) is 4.93. The number of nitrogens with zero attached hydrogens (tertiary/aromatic N) is 1. The molecule has 0 aromatic heterocycles. The fourth-order valence-corrected chi connectivity index (χ4v) is 3.40. The molecule has 0 unspecified atom stereocenters. The van der Waals surface area contributed by atoms with E-state index in [4.69, 9.17) is 4.74 Å². The van der Waals surface area contributed by atoms with E-state index < -0.39 is 0 Å². The summed E-state index contributed by atoms with van der Waals surface area (Å²) in [5, 5.41) is 3.54. The van der Waals surface area contributed by atoms with Gasteiger partial charge in [-0.15, -0.1) is 0 Å². The molecule has 1 aliphatic heterocycles. The summed E-state index contributed by atoms with van der Waals surface area (Å²) in [5.41, 5.74) is 4.90. The first-order chi connectivity index (χ1) is 13.2. The number of hydrogen-bond acceptors (Lipinski definition) is 3. The molecule has 0 fully saturated rings. The van der Waals surface area contributed by atoms with E-state index in [1.165, 1.54) is 5.56 Å². The minimum Gasteiger partial charge on any atom is -0.497 e. The molecule has 3 aromatic carbocycles. The molecule has 0 spiro atoms. The van der Waals surface area contributed by atoms with Crippen LogP contribution in [-0.4, -0.2) is 17.9 Å². The number of nitrogens with one attached hydrogen (secondary N) is 1. The van der Waals surface area contributed by atoms with E-state index in [-0.39, 0.29) is 12.1 Å². The molecule has 1 heterocycles. The summed E-state index contributed by atoms with van der Waals surface area (Å²) >= 11 is 0. The Kier molecular flexibility index (Phi) is 4.55. The molecular weight excluding hydrogens is 336 g/mol. The summed E-state index contributed by atoms with van der Waals surface area (Å²) in [6.45, 7) is 2.58. The lowest BCUT2D eigenvalue weighted by Gasteiger charge is -2.38. The molecule has 4 nitrogen and oxygen atoms in total. The van der Waals surface area contributed by atoms with Crippen LogP contribution in [-0.2, 0) is 6.54 Å². The van der Waals surface area contributed by atoms with Gasteiger partial charge in [-0.1, -0.05) is 54.1 Å². The van der Waals surface area contributed by atoms with Gasteiger partial charge in [0.15, 0.2) is 0 Å². The van der Waals surface area contributed by atoms with Crippen LogP contribution in [0.2, 0.25) is 0 Å². The Hall–Kier alpha value is -3.27. The van der Waals surface area contributed by atoms with Crippen LogP contribution in [0.3, 0.4) is 0 Å². The second-order valence-corrected chi connectivity index (χ2v) is 6.78. The minimum atomic E-state index is -0.213. The van der Waals surface area contributed by atoms with Gasteiger partial charge in [0.25, 0.3) is 5.91 Å². The van der Waals surface area contributed by atoms with E-state index in [1.54, 1.807) is 7.11 Å². The van der Waals surface area contributed by atoms with Crippen LogP contribution in [0.5, 0.6) is 5.75 Å². The van der Waals surface area contributed by atoms with Gasteiger partial charge in [-0.2, -0.15) is 0 Å². The molecule has 1 N–H and O–H groups in total. The van der Waals surface area contributed by atoms with Crippen LogP contribution in [0.4, 0.5) is 5.69 Å². The quantitative estimate of drug-likeness (QED) is 0.730. The standard InChI is InChI=1S/C23H22N2O2/c1-16-7-11-18(12-8-16)22-24-21-6-4-3-5-20(21)23(26)25(22)15-17-9-13-19(27-2)14-10-17/h3-14,22,24H,15H2,1-2H3/t22-/m1/s1. The van der Waals surface area contributed by atoms with E-state index in [1.807, 2.05) is 53.4 Å². The highest BCUT2D eigenvalue weighted by atomic mass is 16.5. The lowest BCUT2D eigenvalue weighted by atomic mass is 10.0. The summed E-state index contributed by atoms with van der Waals surface area (Å²) in [5.74, 6) is 0.841. The van der Waals surface area contributed by atoms with Crippen LogP contribution < -0.4 is 10.1 Å². The van der Waals surface area contributed by atoms with Gasteiger partial charge in [-0.05, 0) is 42.3 Å². The Labute approximate surface area is 159 Å². The van der Waals surface area contributed by atoms with Gasteiger partial charge in [0.1, 0.15) is 11.9 Å². The van der Waals surface area contributed by atoms with Gasteiger partial charge in [0.2, 0.25) is 0 Å². The maximum atomic E-state index is 13.3. The van der Waals surface area contributed by atoms with Gasteiger partial charge in [-0.3, -0.25) is 4.79 Å². The first-order valence-corrected chi connectivity index (χ1v) is 9.02. The molecule has 1 aliphatic rings. The molecule has 0 saturated heterocycles. The Morgan fingerprint density at radius 3 is 2.37 bits per heavy atom. The summed E-state index contributed by atoms with van der Waals surface area (Å²) in [7, 11) is 1.65. The number of ether oxygens (including phenoxy) is 1. The summed E-state index contributed by atoms with van der Waals surface area (Å²) in [6.07, 6.45) is -0.213. The molecule has 0 bridgehead atoms. The number of hydrogen-bond donors (Lipinski definition) is 1. The zero-order valence-corrected chi connectivity index (χ0v) is 15.5. The Bertz CT molecular complexity index is 949. The predicted octanol–water partition coefficient (Wildman–Crippen LogP) is 4.77. The van der Waals surface area contributed by atoms with Crippen LogP contribution >= 0.6 is 0 Å². The normalized spacial score (nSPS) is 15.9. The molecule has 4 heteroatoms. The van der Waals surface area contributed by atoms with E-state index in [2.05, 4.69) is 36.5 Å². The average molecular weight is 358 g/mol. The third-order valence-electron chi connectivity index (χ3n) is 4.93. The first kappa shape index (κ1) is 17.2. The Morgan fingerprint density at radius 1 is 0.963 bits per heavy atom. The van der Waals surface area contributed by atoms with Crippen molar-refractivity contribution in [3.8, 4) is 5.75 Å². The fourth-order valence-electron chi connectivity index (χ4n) is 3.40. The maximum absolute atomic E-state index is 13.3. The summed E-state index contributed by atoms with van der Waals surface area (Å²) in [6, 6.07) is 23.8. The number of rotatable bonds is 4. The van der Waals surface area contributed by atoms with Gasteiger partial charge in [0.05, 0.1) is 12.7 Å². The molecule has 4 rings (SSSR count). The van der Waals surface area contributed by atoms with Crippen molar-refractivity contribution < 1.29 is 9.53 Å². The van der Waals surface area contributed by atoms with Crippen molar-refractivity contribution in [3.63, 3.8) is 0 Å². The number of anilines is 1. The zero-order chi connectivity index (χ0) is 18.8. The highest BCUT2D eigenvalue weighted by molar-refractivity contribution is 6.01. The average Bonchev–Trinajstić information content (AvgIpc) is 2.71. The molecule has 0 aliphatic carbocycles. The number of amides is 1. The van der Waals surface area contributed by atoms with Crippen molar-refractivity contribution in [2.24, 2.45) is 0 Å². The minimum absolute atomic E-state index is 0.0331. The van der Waals surface area contributed by atoms with Crippen molar-refractivity contribution in [1.29, 1.82) is 0 Å². The van der Waals surface area contributed by atoms with Crippen molar-refractivity contribution in [3.05, 3.63) is 95.1 Å². The van der Waals surface area contributed by atoms with Crippen molar-refractivity contribution >= 4 is 11.6 Å². The Morgan fingerprint density at radius 2 is 1.67 bits per heavy atom. The molecule has 3 aromatic rings. The van der Waals surface area contributed by atoms with E-state index in [9.17, 15) is 4.79 Å². The summed E-state index contributed by atoms with van der Waals surface area (Å²) < 4.78 is 5.24. The molecule has 27 heavy (non-hydrogen) atoms. The van der Waals surface area contributed by atoms with Gasteiger partial charge in [-0.25, -0.2) is 0 Å². The van der Waals surface area contributed by atoms with Crippen LogP contribution in [0, 0.1) is 6.92 Å². The molecule has 1 atom stereocenters. The third kappa shape index (κ3) is 3.38. The fraction of sp³-hybridized carbons (Fsp3) is 0.174. The molecule has 1 amide bonds. The van der Waals surface area contributed by atoms with Crippen molar-refractivity contribution in [2.75, 3.05) is 12.4 Å². The number of carbonyl (C=O) groups excluding carboxylic acids is 1. The van der Waals surface area contributed by atoms with Gasteiger partial charge >= 0.3 is 0 Å². The lowest BCUT2D eigenvalue weighted by Crippen LogP contribution is -2.42. The second-order valence-electron chi connectivity index (χ2n) is 6.78. The van der Waals surface area contributed by atoms with E-state index in [0.29, 0.717) is 12.1 Å². The largest absolute Gasteiger partial charge is 0.497 e. The second kappa shape index (κ2) is 7.16. The topological polar surface area (TPSA) is 41.6 Å². The highest BCUT2D eigenvalue weighted by Gasteiger charge is 2.32. The zero-order valence-electron chi connectivity index (χ0n) is 15.5. The van der Waals surface area contributed by atoms with Crippen molar-refractivity contribution in [1.82, 2.24) is 4.90 Å². The summed E-state index contributed by atoms with van der Waals surface area (Å²) in [4.78, 5) is 15.1. The lowest BCUT2D eigenvalue weighted by molar-refractivity contribution is 0.0666. The number of fused-ring (bicyclic) bond motifs is 1. The Balaban J connectivity index is 1.71. The number of para-hydroxylation sites is 1. The number of aryl methyl sites for hydroxylation is 1. The van der Waals surface area contributed by atoms with E-state index >= 15 is 0 Å². The van der Waals surface area contributed by atoms with Gasteiger partial charge in [0, 0.05) is 12.2 Å². The number of carbonyl (C=O) groups is 1. The van der Waals surface area contributed by atoms with Crippen LogP contribution in [0.15, 0.2) is 72.8 Å².